The fourth-order valence-electron chi connectivity index (χ4n) is 2.60. The first-order chi connectivity index (χ1) is 14.2. The van der Waals surface area contributed by atoms with Crippen LogP contribution in [0.25, 0.3) is 0 Å². The van der Waals surface area contributed by atoms with E-state index in [2.05, 4.69) is 5.32 Å². The second-order valence-corrected chi connectivity index (χ2v) is 8.61. The molecule has 0 saturated carbocycles. The van der Waals surface area contributed by atoms with Gasteiger partial charge in [0.05, 0.1) is 4.90 Å². The monoisotopic (exact) mass is 433 g/mol. The normalized spacial score (nSPS) is 11.2. The predicted octanol–water partition coefficient (Wildman–Crippen LogP) is 2.44. The molecule has 0 bridgehead atoms. The van der Waals surface area contributed by atoms with Crippen molar-refractivity contribution < 1.29 is 22.7 Å². The largest absolute Gasteiger partial charge is 0.484 e. The van der Waals surface area contributed by atoms with Gasteiger partial charge in [-0.3, -0.25) is 9.59 Å². The van der Waals surface area contributed by atoms with Crippen molar-refractivity contribution in [1.29, 1.82) is 0 Å². The molecule has 1 N–H and O–H groups in total. The van der Waals surface area contributed by atoms with E-state index in [1.165, 1.54) is 33.5 Å². The number of sulfonamides is 1. The Hall–Kier alpha value is -2.91. The highest BCUT2D eigenvalue weighted by Crippen LogP contribution is 2.19. The molecule has 2 amide bonds. The Labute approximate surface area is 177 Å². The summed E-state index contributed by atoms with van der Waals surface area (Å²) in [4.78, 5) is 25.6. The molecular formula is C21H27N3O5S. The minimum atomic E-state index is -3.56. The highest BCUT2D eigenvalue weighted by atomic mass is 32.2. The molecule has 0 aliphatic carbocycles. The predicted molar refractivity (Wildman–Crippen MR) is 115 cm³/mol. The summed E-state index contributed by atoms with van der Waals surface area (Å²) in [7, 11) is -0.266. The van der Waals surface area contributed by atoms with Gasteiger partial charge in [-0.05, 0) is 48.5 Å². The molecule has 0 spiro atoms. The fraction of sp³-hybridized carbons (Fsp3) is 0.333. The summed E-state index contributed by atoms with van der Waals surface area (Å²) in [5, 5.41) is 2.74. The standard InChI is InChI=1S/C21H27N3O5S/c1-5-24(6-2)30(27,28)19-13-7-16(8-14-19)21(26)22-17-9-11-18(12-10-17)29-15-20(25)23(3)4/h7-14H,5-6,15H2,1-4H3,(H,22,26). The Bertz CT molecular complexity index is 967. The second kappa shape index (κ2) is 10.2. The van der Waals surface area contributed by atoms with Crippen molar-refractivity contribution >= 4 is 27.5 Å². The van der Waals surface area contributed by atoms with Crippen LogP contribution in [-0.4, -0.2) is 63.2 Å². The van der Waals surface area contributed by atoms with Gasteiger partial charge >= 0.3 is 0 Å². The van der Waals surface area contributed by atoms with Crippen molar-refractivity contribution in [3.8, 4) is 5.75 Å². The summed E-state index contributed by atoms with van der Waals surface area (Å²) in [6.45, 7) is 4.24. The van der Waals surface area contributed by atoms with E-state index in [4.69, 9.17) is 4.74 Å². The van der Waals surface area contributed by atoms with Crippen molar-refractivity contribution in [2.24, 2.45) is 0 Å². The molecule has 2 aromatic carbocycles. The zero-order chi connectivity index (χ0) is 22.3. The molecule has 0 saturated heterocycles. The minimum absolute atomic E-state index is 0.0680. The number of ether oxygens (including phenoxy) is 1. The van der Waals surface area contributed by atoms with E-state index in [0.29, 0.717) is 30.1 Å². The Morgan fingerprint density at radius 1 is 0.933 bits per heavy atom. The molecule has 162 valence electrons. The first-order valence-electron chi connectivity index (χ1n) is 9.53. The number of rotatable bonds is 9. The van der Waals surface area contributed by atoms with Crippen LogP contribution in [0.4, 0.5) is 5.69 Å². The van der Waals surface area contributed by atoms with Crippen molar-refractivity contribution in [2.75, 3.05) is 39.1 Å². The lowest BCUT2D eigenvalue weighted by Crippen LogP contribution is -2.30. The van der Waals surface area contributed by atoms with E-state index in [0.717, 1.165) is 0 Å². The lowest BCUT2D eigenvalue weighted by Gasteiger charge is -2.18. The molecule has 2 aromatic rings. The van der Waals surface area contributed by atoms with Gasteiger partial charge in [0, 0.05) is 38.4 Å². The number of nitrogens with one attached hydrogen (secondary N) is 1. The maximum Gasteiger partial charge on any atom is 0.259 e. The first-order valence-corrected chi connectivity index (χ1v) is 11.0. The van der Waals surface area contributed by atoms with Gasteiger partial charge in [0.15, 0.2) is 6.61 Å². The van der Waals surface area contributed by atoms with Gasteiger partial charge in [-0.1, -0.05) is 13.8 Å². The number of amides is 2. The van der Waals surface area contributed by atoms with Crippen LogP contribution >= 0.6 is 0 Å². The average Bonchev–Trinajstić information content (AvgIpc) is 2.73. The van der Waals surface area contributed by atoms with Crippen LogP contribution in [0.3, 0.4) is 0 Å². The Balaban J connectivity index is 2.02. The summed E-state index contributed by atoms with van der Waals surface area (Å²) >= 11 is 0. The van der Waals surface area contributed by atoms with Gasteiger partial charge in [-0.2, -0.15) is 4.31 Å². The van der Waals surface area contributed by atoms with E-state index < -0.39 is 10.0 Å². The number of hydrogen-bond donors (Lipinski definition) is 1. The van der Waals surface area contributed by atoms with Gasteiger partial charge in [-0.15, -0.1) is 0 Å². The van der Waals surface area contributed by atoms with Crippen molar-refractivity contribution in [3.63, 3.8) is 0 Å². The Morgan fingerprint density at radius 2 is 1.50 bits per heavy atom. The number of carbonyl (C=O) groups is 2. The molecule has 8 nitrogen and oxygen atoms in total. The van der Waals surface area contributed by atoms with Crippen LogP contribution in [-0.2, 0) is 14.8 Å². The minimum Gasteiger partial charge on any atom is -0.484 e. The summed E-state index contributed by atoms with van der Waals surface area (Å²) in [5.74, 6) is -0.00811. The maximum atomic E-state index is 12.5. The molecule has 30 heavy (non-hydrogen) atoms. The molecule has 0 radical (unpaired) electrons. The highest BCUT2D eigenvalue weighted by Gasteiger charge is 2.21. The van der Waals surface area contributed by atoms with Crippen molar-refractivity contribution in [2.45, 2.75) is 18.7 Å². The van der Waals surface area contributed by atoms with Gasteiger partial charge in [0.1, 0.15) is 5.75 Å². The first kappa shape index (κ1) is 23.4. The van der Waals surface area contributed by atoms with Crippen LogP contribution in [0.5, 0.6) is 5.75 Å². The molecule has 0 aliphatic rings. The number of hydrogen-bond acceptors (Lipinski definition) is 5. The summed E-state index contributed by atoms with van der Waals surface area (Å²) < 4.78 is 31.8. The SMILES string of the molecule is CCN(CC)S(=O)(=O)c1ccc(C(=O)Nc2ccc(OCC(=O)N(C)C)cc2)cc1. The summed E-state index contributed by atoms with van der Waals surface area (Å²) in [6, 6.07) is 12.4. The number of likely N-dealkylation sites (N-methyl/N-ethyl adjacent to an activating group) is 1. The van der Waals surface area contributed by atoms with Crippen LogP contribution < -0.4 is 10.1 Å². The van der Waals surface area contributed by atoms with Crippen LogP contribution in [0, 0.1) is 0 Å². The van der Waals surface area contributed by atoms with E-state index in [9.17, 15) is 18.0 Å². The molecule has 0 unspecified atom stereocenters. The number of nitrogens with zero attached hydrogens (tertiary/aromatic N) is 2. The number of benzene rings is 2. The Kier molecular flexibility index (Phi) is 7.96. The van der Waals surface area contributed by atoms with Crippen molar-refractivity contribution in [3.05, 3.63) is 54.1 Å². The molecular weight excluding hydrogens is 406 g/mol. The fourth-order valence-corrected chi connectivity index (χ4v) is 4.06. The van der Waals surface area contributed by atoms with Gasteiger partial charge < -0.3 is 15.0 Å². The molecule has 9 heteroatoms. The smallest absolute Gasteiger partial charge is 0.259 e. The van der Waals surface area contributed by atoms with E-state index in [1.54, 1.807) is 52.2 Å². The lowest BCUT2D eigenvalue weighted by molar-refractivity contribution is -0.130. The van der Waals surface area contributed by atoms with E-state index in [1.807, 2.05) is 0 Å². The Morgan fingerprint density at radius 3 is 2.00 bits per heavy atom. The molecule has 0 atom stereocenters. The molecule has 0 fully saturated rings. The molecule has 0 heterocycles. The van der Waals surface area contributed by atoms with Gasteiger partial charge in [-0.25, -0.2) is 8.42 Å². The molecule has 0 aliphatic heterocycles. The third-order valence-corrected chi connectivity index (χ3v) is 6.50. The van der Waals surface area contributed by atoms with Crippen molar-refractivity contribution in [1.82, 2.24) is 9.21 Å². The quantitative estimate of drug-likeness (QED) is 0.655. The zero-order valence-electron chi connectivity index (χ0n) is 17.6. The molecule has 2 rings (SSSR count). The lowest BCUT2D eigenvalue weighted by atomic mass is 10.2. The number of carbonyl (C=O) groups excluding carboxylic acids is 2. The van der Waals surface area contributed by atoms with Crippen LogP contribution in [0.1, 0.15) is 24.2 Å². The topological polar surface area (TPSA) is 96.0 Å². The van der Waals surface area contributed by atoms with Crippen LogP contribution in [0.15, 0.2) is 53.4 Å². The number of anilines is 1. The second-order valence-electron chi connectivity index (χ2n) is 6.67. The maximum absolute atomic E-state index is 12.5. The molecule has 0 aromatic heterocycles. The third-order valence-electron chi connectivity index (χ3n) is 4.43. The third kappa shape index (κ3) is 5.80. The van der Waals surface area contributed by atoms with Gasteiger partial charge in [0.25, 0.3) is 11.8 Å². The van der Waals surface area contributed by atoms with Crippen LogP contribution in [0.2, 0.25) is 0 Å². The van der Waals surface area contributed by atoms with E-state index >= 15 is 0 Å². The zero-order valence-corrected chi connectivity index (χ0v) is 18.4. The summed E-state index contributed by atoms with van der Waals surface area (Å²) in [5.41, 5.74) is 0.886. The van der Waals surface area contributed by atoms with E-state index in [-0.39, 0.29) is 23.3 Å². The average molecular weight is 434 g/mol. The summed E-state index contributed by atoms with van der Waals surface area (Å²) in [6.07, 6.45) is 0. The van der Waals surface area contributed by atoms with Gasteiger partial charge in [0.2, 0.25) is 10.0 Å². The highest BCUT2D eigenvalue weighted by molar-refractivity contribution is 7.89.